The Morgan fingerprint density at radius 3 is 2.57 bits per heavy atom. The number of hydrogen-bond donors (Lipinski definition) is 3. The lowest BCUT2D eigenvalue weighted by molar-refractivity contribution is 0.147. The van der Waals surface area contributed by atoms with E-state index in [4.69, 9.17) is 0 Å². The molecule has 0 aliphatic carbocycles. The number of likely N-dealkylation sites (tertiary alicyclic amines) is 1. The van der Waals surface area contributed by atoms with Gasteiger partial charge < -0.3 is 10.6 Å². The Labute approximate surface area is 141 Å². The fourth-order valence-corrected chi connectivity index (χ4v) is 3.46. The van der Waals surface area contributed by atoms with Gasteiger partial charge in [-0.1, -0.05) is 13.3 Å². The van der Waals surface area contributed by atoms with Crippen LogP contribution in [0.1, 0.15) is 39.5 Å². The first-order valence-corrected chi connectivity index (χ1v) is 10.3. The van der Waals surface area contributed by atoms with Crippen LogP contribution in [0.5, 0.6) is 0 Å². The first-order chi connectivity index (χ1) is 11.0. The number of nitrogens with zero attached hydrogens (tertiary/aromatic N) is 2. The van der Waals surface area contributed by atoms with Gasteiger partial charge >= 0.3 is 0 Å². The van der Waals surface area contributed by atoms with Gasteiger partial charge in [-0.2, -0.15) is 0 Å². The van der Waals surface area contributed by atoms with Gasteiger partial charge in [0.2, 0.25) is 10.0 Å². The van der Waals surface area contributed by atoms with Gasteiger partial charge in [-0.15, -0.1) is 0 Å². The van der Waals surface area contributed by atoms with Crippen molar-refractivity contribution in [1.29, 1.82) is 0 Å². The maximum absolute atomic E-state index is 11.3. The Morgan fingerprint density at radius 1 is 1.17 bits per heavy atom. The summed E-state index contributed by atoms with van der Waals surface area (Å²) in [5.41, 5.74) is 0. The van der Waals surface area contributed by atoms with E-state index in [1.54, 1.807) is 14.0 Å². The Kier molecular flexibility index (Phi) is 9.50. The minimum atomic E-state index is -3.12. The lowest BCUT2D eigenvalue weighted by Gasteiger charge is -2.35. The second kappa shape index (κ2) is 10.8. The minimum absolute atomic E-state index is 0.106. The summed E-state index contributed by atoms with van der Waals surface area (Å²) >= 11 is 0. The van der Waals surface area contributed by atoms with Crippen LogP contribution in [0.15, 0.2) is 4.99 Å². The number of hydrogen-bond acceptors (Lipinski definition) is 4. The zero-order valence-corrected chi connectivity index (χ0v) is 15.6. The minimum Gasteiger partial charge on any atom is -0.355 e. The van der Waals surface area contributed by atoms with Gasteiger partial charge in [0.25, 0.3) is 0 Å². The molecule has 1 aliphatic rings. The van der Waals surface area contributed by atoms with Crippen molar-refractivity contribution in [2.75, 3.05) is 45.5 Å². The fourth-order valence-electron chi connectivity index (χ4n) is 2.84. The molecule has 136 valence electrons. The molecule has 0 radical (unpaired) electrons. The number of aliphatic imine (C=N–C) groups is 1. The van der Waals surface area contributed by atoms with Gasteiger partial charge in [-0.05, 0) is 32.7 Å². The largest absolute Gasteiger partial charge is 0.355 e. The van der Waals surface area contributed by atoms with Crippen LogP contribution in [-0.2, 0) is 10.0 Å². The molecular weight excluding hydrogens is 314 g/mol. The van der Waals surface area contributed by atoms with Crippen molar-refractivity contribution >= 4 is 16.0 Å². The lowest BCUT2D eigenvalue weighted by atomic mass is 10.0. The average Bonchev–Trinajstić information content (AvgIpc) is 2.57. The molecule has 0 amide bonds. The van der Waals surface area contributed by atoms with Crippen LogP contribution in [-0.4, -0.2) is 70.8 Å². The zero-order valence-electron chi connectivity index (χ0n) is 14.8. The highest BCUT2D eigenvalue weighted by Gasteiger charge is 2.19. The van der Waals surface area contributed by atoms with Crippen molar-refractivity contribution in [3.63, 3.8) is 0 Å². The second-order valence-electron chi connectivity index (χ2n) is 5.82. The molecule has 0 spiro atoms. The van der Waals surface area contributed by atoms with Crippen molar-refractivity contribution in [2.24, 2.45) is 4.99 Å². The smallest absolute Gasteiger partial charge is 0.211 e. The molecule has 3 N–H and O–H groups in total. The van der Waals surface area contributed by atoms with Crippen LogP contribution in [0.2, 0.25) is 0 Å². The van der Waals surface area contributed by atoms with E-state index in [-0.39, 0.29) is 5.75 Å². The summed E-state index contributed by atoms with van der Waals surface area (Å²) in [7, 11) is -1.40. The van der Waals surface area contributed by atoms with Gasteiger partial charge in [0.15, 0.2) is 5.96 Å². The van der Waals surface area contributed by atoms with Gasteiger partial charge in [-0.25, -0.2) is 13.1 Å². The average molecular weight is 348 g/mol. The van der Waals surface area contributed by atoms with E-state index in [0.29, 0.717) is 25.1 Å². The van der Waals surface area contributed by atoms with E-state index < -0.39 is 10.0 Å². The van der Waals surface area contributed by atoms with Crippen molar-refractivity contribution in [1.82, 2.24) is 20.3 Å². The predicted molar refractivity (Wildman–Crippen MR) is 96.3 cm³/mol. The van der Waals surface area contributed by atoms with E-state index in [0.717, 1.165) is 13.1 Å². The maximum atomic E-state index is 11.3. The molecule has 0 aromatic carbocycles. The highest BCUT2D eigenvalue weighted by atomic mass is 32.2. The SMILES string of the molecule is CCC1CCCCN1CCNC(=NC)NCCNS(=O)(=O)CC. The maximum Gasteiger partial charge on any atom is 0.211 e. The molecule has 1 heterocycles. The van der Waals surface area contributed by atoms with Crippen molar-refractivity contribution < 1.29 is 8.42 Å². The van der Waals surface area contributed by atoms with E-state index in [9.17, 15) is 8.42 Å². The third-order valence-electron chi connectivity index (χ3n) is 4.25. The van der Waals surface area contributed by atoms with Crippen LogP contribution in [0.3, 0.4) is 0 Å². The second-order valence-corrected chi connectivity index (χ2v) is 7.91. The molecule has 1 atom stereocenters. The predicted octanol–water partition coefficient (Wildman–Crippen LogP) is 0.355. The van der Waals surface area contributed by atoms with Crippen LogP contribution < -0.4 is 15.4 Å². The van der Waals surface area contributed by atoms with Gasteiger partial charge in [0.05, 0.1) is 5.75 Å². The topological polar surface area (TPSA) is 85.8 Å². The Balaban J connectivity index is 2.21. The molecule has 0 bridgehead atoms. The van der Waals surface area contributed by atoms with Crippen LogP contribution in [0, 0.1) is 0 Å². The van der Waals surface area contributed by atoms with E-state index in [2.05, 4.69) is 32.2 Å². The molecule has 1 fully saturated rings. The summed E-state index contributed by atoms with van der Waals surface area (Å²) in [6.45, 7) is 7.80. The van der Waals surface area contributed by atoms with Gasteiger partial charge in [-0.3, -0.25) is 9.89 Å². The van der Waals surface area contributed by atoms with Crippen LogP contribution >= 0.6 is 0 Å². The molecule has 1 saturated heterocycles. The van der Waals surface area contributed by atoms with Crippen molar-refractivity contribution in [3.8, 4) is 0 Å². The fraction of sp³-hybridized carbons (Fsp3) is 0.933. The Morgan fingerprint density at radius 2 is 1.91 bits per heavy atom. The van der Waals surface area contributed by atoms with Gasteiger partial charge in [0.1, 0.15) is 0 Å². The summed E-state index contributed by atoms with van der Waals surface area (Å²) in [5, 5.41) is 6.42. The summed E-state index contributed by atoms with van der Waals surface area (Å²) in [5.74, 6) is 0.819. The summed E-state index contributed by atoms with van der Waals surface area (Å²) < 4.78 is 25.2. The lowest BCUT2D eigenvalue weighted by Crippen LogP contribution is -2.47. The van der Waals surface area contributed by atoms with E-state index in [1.165, 1.54) is 32.2 Å². The molecule has 23 heavy (non-hydrogen) atoms. The normalized spacial score (nSPS) is 20.5. The third-order valence-corrected chi connectivity index (χ3v) is 5.66. The molecule has 1 unspecified atom stereocenters. The van der Waals surface area contributed by atoms with Crippen molar-refractivity contribution in [2.45, 2.75) is 45.6 Å². The molecule has 0 aromatic rings. The first-order valence-electron chi connectivity index (χ1n) is 8.68. The van der Waals surface area contributed by atoms with Crippen LogP contribution in [0.4, 0.5) is 0 Å². The number of guanidine groups is 1. The molecule has 0 aromatic heterocycles. The number of rotatable bonds is 9. The third kappa shape index (κ3) is 7.99. The molecule has 0 saturated carbocycles. The molecule has 7 nitrogen and oxygen atoms in total. The number of piperidine rings is 1. The van der Waals surface area contributed by atoms with E-state index in [1.807, 2.05) is 0 Å². The number of sulfonamides is 1. The van der Waals surface area contributed by atoms with Gasteiger partial charge in [0, 0.05) is 39.3 Å². The number of nitrogens with one attached hydrogen (secondary N) is 3. The standard InChI is InChI=1S/C15H33N5O2S/c1-4-14-8-6-7-12-20(14)13-11-18-15(16-3)17-9-10-19-23(21,22)5-2/h14,19H,4-13H2,1-3H3,(H2,16,17,18). The first kappa shape index (κ1) is 20.2. The summed E-state index contributed by atoms with van der Waals surface area (Å²) in [6, 6.07) is 0.712. The zero-order chi connectivity index (χ0) is 17.1. The van der Waals surface area contributed by atoms with E-state index >= 15 is 0 Å². The van der Waals surface area contributed by atoms with Crippen molar-refractivity contribution in [3.05, 3.63) is 0 Å². The summed E-state index contributed by atoms with van der Waals surface area (Å²) in [6.07, 6.45) is 5.16. The summed E-state index contributed by atoms with van der Waals surface area (Å²) in [4.78, 5) is 6.72. The quantitative estimate of drug-likeness (QED) is 0.318. The highest BCUT2D eigenvalue weighted by molar-refractivity contribution is 7.89. The Hall–Kier alpha value is -0.860. The molecule has 1 aliphatic heterocycles. The molecular formula is C15H33N5O2S. The van der Waals surface area contributed by atoms with Crippen LogP contribution in [0.25, 0.3) is 0 Å². The Bertz CT molecular complexity index is 453. The highest BCUT2D eigenvalue weighted by Crippen LogP contribution is 2.18. The molecule has 1 rings (SSSR count). The monoisotopic (exact) mass is 347 g/mol. The molecule has 8 heteroatoms.